The molecule has 0 unspecified atom stereocenters. The molecule has 1 amide bonds. The summed E-state index contributed by atoms with van der Waals surface area (Å²) in [5.74, 6) is -0.104. The van der Waals surface area contributed by atoms with E-state index in [0.29, 0.717) is 12.2 Å². The van der Waals surface area contributed by atoms with Crippen LogP contribution in [0.15, 0.2) is 12.1 Å². The van der Waals surface area contributed by atoms with E-state index in [-0.39, 0.29) is 5.91 Å². The maximum absolute atomic E-state index is 11.7. The second kappa shape index (κ2) is 5.82. The van der Waals surface area contributed by atoms with Gasteiger partial charge in [-0.2, -0.15) is 0 Å². The van der Waals surface area contributed by atoms with Crippen molar-refractivity contribution >= 4 is 11.6 Å². The number of carbonyl (C=O) groups is 1. The fraction of sp³-hybridized carbons (Fsp3) is 0.538. The Balaban J connectivity index is 2.16. The molecule has 18 heavy (non-hydrogen) atoms. The molecule has 2 N–H and O–H groups in total. The Hall–Kier alpha value is -1.62. The average molecular weight is 248 g/mol. The second-order valence-corrected chi connectivity index (χ2v) is 4.40. The number of nitrogens with zero attached hydrogens (tertiary/aromatic N) is 2. The lowest BCUT2D eigenvalue weighted by molar-refractivity contribution is 0.0950. The smallest absolute Gasteiger partial charge is 0.269 e. The molecule has 0 saturated carbocycles. The predicted molar refractivity (Wildman–Crippen MR) is 72.1 cm³/mol. The first-order chi connectivity index (χ1) is 8.72. The minimum Gasteiger partial charge on any atom is -0.368 e. The number of piperazine rings is 1. The van der Waals surface area contributed by atoms with Crippen LogP contribution in [0.5, 0.6) is 0 Å². The molecule has 1 aliphatic heterocycles. The molecule has 0 aliphatic carbocycles. The highest BCUT2D eigenvalue weighted by molar-refractivity contribution is 5.92. The Morgan fingerprint density at radius 3 is 2.78 bits per heavy atom. The molecule has 98 valence electrons. The average Bonchev–Trinajstić information content (AvgIpc) is 2.40. The summed E-state index contributed by atoms with van der Waals surface area (Å²) in [5.41, 5.74) is 2.54. The van der Waals surface area contributed by atoms with Crippen molar-refractivity contribution < 1.29 is 4.79 Å². The summed E-state index contributed by atoms with van der Waals surface area (Å²) >= 11 is 0. The van der Waals surface area contributed by atoms with Gasteiger partial charge in [0.1, 0.15) is 5.69 Å². The van der Waals surface area contributed by atoms with Gasteiger partial charge in [-0.1, -0.05) is 0 Å². The normalized spacial score (nSPS) is 15.6. The third-order valence-electron chi connectivity index (χ3n) is 3.09. The largest absolute Gasteiger partial charge is 0.368 e. The van der Waals surface area contributed by atoms with Gasteiger partial charge in [-0.05, 0) is 26.0 Å². The topological polar surface area (TPSA) is 57.3 Å². The van der Waals surface area contributed by atoms with Crippen LogP contribution in [0.2, 0.25) is 0 Å². The minimum absolute atomic E-state index is 0.104. The van der Waals surface area contributed by atoms with E-state index < -0.39 is 0 Å². The molecular weight excluding hydrogens is 228 g/mol. The Morgan fingerprint density at radius 2 is 2.17 bits per heavy atom. The first kappa shape index (κ1) is 12.8. The lowest BCUT2D eigenvalue weighted by atomic mass is 10.2. The molecule has 1 saturated heterocycles. The maximum atomic E-state index is 11.7. The van der Waals surface area contributed by atoms with E-state index in [1.165, 1.54) is 0 Å². The molecule has 0 aromatic carbocycles. The highest BCUT2D eigenvalue weighted by Crippen LogP contribution is 2.19. The molecule has 1 aliphatic rings. The zero-order valence-corrected chi connectivity index (χ0v) is 11.0. The van der Waals surface area contributed by atoms with E-state index >= 15 is 0 Å². The molecule has 1 fully saturated rings. The van der Waals surface area contributed by atoms with Gasteiger partial charge in [0.25, 0.3) is 5.91 Å². The second-order valence-electron chi connectivity index (χ2n) is 4.40. The van der Waals surface area contributed by atoms with Crippen LogP contribution in [-0.4, -0.2) is 43.6 Å². The fourth-order valence-corrected chi connectivity index (χ4v) is 2.17. The van der Waals surface area contributed by atoms with Crippen LogP contribution in [0, 0.1) is 6.92 Å². The standard InChI is InChI=1S/C13H20N4O/c1-3-15-13(18)11-4-5-12(10(2)16-11)17-8-6-14-7-9-17/h4-5,14H,3,6-9H2,1-2H3,(H,15,18). The van der Waals surface area contributed by atoms with Crippen molar-refractivity contribution in [1.82, 2.24) is 15.6 Å². The van der Waals surface area contributed by atoms with Crippen LogP contribution < -0.4 is 15.5 Å². The number of hydrogen-bond acceptors (Lipinski definition) is 4. The van der Waals surface area contributed by atoms with Gasteiger partial charge in [0, 0.05) is 32.7 Å². The number of aromatic nitrogens is 1. The number of rotatable bonds is 3. The third-order valence-corrected chi connectivity index (χ3v) is 3.09. The lowest BCUT2D eigenvalue weighted by Gasteiger charge is -2.30. The van der Waals surface area contributed by atoms with Crippen LogP contribution in [-0.2, 0) is 0 Å². The van der Waals surface area contributed by atoms with Crippen LogP contribution >= 0.6 is 0 Å². The summed E-state index contributed by atoms with van der Waals surface area (Å²) in [7, 11) is 0. The number of carbonyl (C=O) groups excluding carboxylic acids is 1. The summed E-state index contributed by atoms with van der Waals surface area (Å²) in [5, 5.41) is 6.09. The maximum Gasteiger partial charge on any atom is 0.269 e. The SMILES string of the molecule is CCNC(=O)c1ccc(N2CCNCC2)c(C)n1. The van der Waals surface area contributed by atoms with Crippen molar-refractivity contribution in [1.29, 1.82) is 0 Å². The Labute approximate surface area is 108 Å². The molecule has 2 heterocycles. The van der Waals surface area contributed by atoms with Crippen molar-refractivity contribution in [2.45, 2.75) is 13.8 Å². The quantitative estimate of drug-likeness (QED) is 0.820. The molecule has 2 rings (SSSR count). The van der Waals surface area contributed by atoms with E-state index in [4.69, 9.17) is 0 Å². The summed E-state index contributed by atoms with van der Waals surface area (Å²) < 4.78 is 0. The number of amides is 1. The van der Waals surface area contributed by atoms with Crippen LogP contribution in [0.4, 0.5) is 5.69 Å². The number of aryl methyl sites for hydroxylation is 1. The van der Waals surface area contributed by atoms with E-state index in [2.05, 4.69) is 20.5 Å². The van der Waals surface area contributed by atoms with E-state index in [1.807, 2.05) is 19.9 Å². The van der Waals surface area contributed by atoms with E-state index in [1.54, 1.807) is 6.07 Å². The van der Waals surface area contributed by atoms with Crippen LogP contribution in [0.25, 0.3) is 0 Å². The molecular formula is C13H20N4O. The molecule has 0 bridgehead atoms. The van der Waals surface area contributed by atoms with Gasteiger partial charge in [0.2, 0.25) is 0 Å². The van der Waals surface area contributed by atoms with Crippen molar-refractivity contribution in [2.75, 3.05) is 37.6 Å². The van der Waals surface area contributed by atoms with Crippen molar-refractivity contribution in [2.24, 2.45) is 0 Å². The van der Waals surface area contributed by atoms with Gasteiger partial charge in [-0.25, -0.2) is 4.98 Å². The molecule has 0 radical (unpaired) electrons. The predicted octanol–water partition coefficient (Wildman–Crippen LogP) is 0.549. The van der Waals surface area contributed by atoms with Crippen LogP contribution in [0.1, 0.15) is 23.1 Å². The monoisotopic (exact) mass is 248 g/mol. The number of anilines is 1. The fourth-order valence-electron chi connectivity index (χ4n) is 2.17. The van der Waals surface area contributed by atoms with E-state index in [9.17, 15) is 4.79 Å². The summed E-state index contributed by atoms with van der Waals surface area (Å²) in [6.07, 6.45) is 0. The number of hydrogen-bond donors (Lipinski definition) is 2. The highest BCUT2D eigenvalue weighted by atomic mass is 16.1. The van der Waals surface area contributed by atoms with Crippen LogP contribution in [0.3, 0.4) is 0 Å². The molecule has 0 atom stereocenters. The van der Waals surface area contributed by atoms with Gasteiger partial charge in [0.05, 0.1) is 11.4 Å². The van der Waals surface area contributed by atoms with Crippen molar-refractivity contribution in [3.05, 3.63) is 23.5 Å². The van der Waals surface area contributed by atoms with Gasteiger partial charge in [-0.3, -0.25) is 4.79 Å². The van der Waals surface area contributed by atoms with Gasteiger partial charge < -0.3 is 15.5 Å². The number of pyridine rings is 1. The van der Waals surface area contributed by atoms with Crippen molar-refractivity contribution in [3.8, 4) is 0 Å². The van der Waals surface area contributed by atoms with Gasteiger partial charge in [-0.15, -0.1) is 0 Å². The van der Waals surface area contributed by atoms with E-state index in [0.717, 1.165) is 37.6 Å². The zero-order chi connectivity index (χ0) is 13.0. The molecule has 1 aromatic heterocycles. The lowest BCUT2D eigenvalue weighted by Crippen LogP contribution is -2.43. The third kappa shape index (κ3) is 2.79. The molecule has 0 spiro atoms. The Bertz CT molecular complexity index is 427. The highest BCUT2D eigenvalue weighted by Gasteiger charge is 2.15. The molecule has 5 nitrogen and oxygen atoms in total. The zero-order valence-electron chi connectivity index (χ0n) is 11.0. The molecule has 5 heteroatoms. The van der Waals surface area contributed by atoms with Gasteiger partial charge in [0.15, 0.2) is 0 Å². The Kier molecular flexibility index (Phi) is 4.15. The number of nitrogens with one attached hydrogen (secondary N) is 2. The summed E-state index contributed by atoms with van der Waals surface area (Å²) in [6, 6.07) is 3.80. The Morgan fingerprint density at radius 1 is 1.44 bits per heavy atom. The first-order valence-corrected chi connectivity index (χ1v) is 6.44. The first-order valence-electron chi connectivity index (χ1n) is 6.44. The van der Waals surface area contributed by atoms with Crippen molar-refractivity contribution in [3.63, 3.8) is 0 Å². The van der Waals surface area contributed by atoms with Gasteiger partial charge >= 0.3 is 0 Å². The summed E-state index contributed by atoms with van der Waals surface area (Å²) in [4.78, 5) is 18.4. The minimum atomic E-state index is -0.104. The molecule has 1 aromatic rings. The summed E-state index contributed by atoms with van der Waals surface area (Å²) in [6.45, 7) is 8.46.